The topological polar surface area (TPSA) is 230 Å². The quantitative estimate of drug-likeness (QED) is 0.158. The highest BCUT2D eigenvalue weighted by molar-refractivity contribution is 5.27. The van der Waals surface area contributed by atoms with Crippen molar-refractivity contribution in [1.29, 1.82) is 0 Å². The van der Waals surface area contributed by atoms with E-state index in [1.165, 1.54) is 58.3 Å². The van der Waals surface area contributed by atoms with Crippen molar-refractivity contribution >= 4 is 0 Å². The maximum atomic E-state index is 11.6. The maximum absolute atomic E-state index is 11.6. The first-order chi connectivity index (χ1) is 29.0. The lowest BCUT2D eigenvalue weighted by atomic mass is 9.47. The van der Waals surface area contributed by atoms with Gasteiger partial charge in [-0.1, -0.05) is 39.3 Å². The Morgan fingerprint density at radius 3 is 2.13 bits per heavy atom. The van der Waals surface area contributed by atoms with Crippen molar-refractivity contribution in [2.24, 2.45) is 46.3 Å². The lowest BCUT2D eigenvalue weighted by Crippen LogP contribution is -2.67. The molecule has 5 saturated heterocycles. The largest absolute Gasteiger partial charge is 0.394 e. The van der Waals surface area contributed by atoms with E-state index < -0.39 is 98.9 Å². The third kappa shape index (κ3) is 7.42. The van der Waals surface area contributed by atoms with E-state index in [0.29, 0.717) is 42.1 Å². The predicted molar refractivity (Wildman–Crippen MR) is 215 cm³/mol. The highest BCUT2D eigenvalue weighted by Crippen LogP contribution is 2.70. The smallest absolute Gasteiger partial charge is 0.189 e. The van der Waals surface area contributed by atoms with Gasteiger partial charge < -0.3 is 74.0 Å². The lowest BCUT2D eigenvalue weighted by molar-refractivity contribution is -0.411. The van der Waals surface area contributed by atoms with Crippen LogP contribution in [0.3, 0.4) is 0 Å². The molecule has 0 spiro atoms. The number of piperidine rings is 1. The number of hydrogen-bond acceptors (Lipinski definition) is 16. The fourth-order valence-corrected chi connectivity index (χ4v) is 14.7. The van der Waals surface area contributed by atoms with E-state index in [4.69, 9.17) is 33.2 Å². The number of aliphatic hydroxyl groups excluding tert-OH is 8. The molecule has 348 valence electrons. The third-order valence-corrected chi connectivity index (χ3v) is 17.9. The zero-order valence-corrected chi connectivity index (χ0v) is 36.6. The van der Waals surface area contributed by atoms with Crippen LogP contribution in [0.25, 0.3) is 0 Å². The molecule has 26 atom stereocenters. The van der Waals surface area contributed by atoms with Crippen LogP contribution >= 0.6 is 0 Å². The summed E-state index contributed by atoms with van der Waals surface area (Å²) in [5.41, 5.74) is 1.76. The summed E-state index contributed by atoms with van der Waals surface area (Å²) in [6.07, 6.45) is -10.7. The molecule has 0 aromatic carbocycles. The third-order valence-electron chi connectivity index (χ3n) is 17.9. The van der Waals surface area contributed by atoms with E-state index in [2.05, 4.69) is 38.7 Å². The van der Waals surface area contributed by atoms with Crippen molar-refractivity contribution in [3.63, 3.8) is 0 Å². The molecule has 16 nitrogen and oxygen atoms in total. The van der Waals surface area contributed by atoms with E-state index in [9.17, 15) is 40.9 Å². The number of ether oxygens (including phenoxy) is 7. The van der Waals surface area contributed by atoms with Crippen molar-refractivity contribution in [3.8, 4) is 0 Å². The first kappa shape index (κ1) is 45.3. The van der Waals surface area contributed by atoms with Gasteiger partial charge in [-0.25, -0.2) is 0 Å². The molecule has 0 bridgehead atoms. The number of hydrogen-bond donors (Lipinski definition) is 8. The Kier molecular flexibility index (Phi) is 12.7. The number of fused-ring (bicyclic) bond motifs is 9. The summed E-state index contributed by atoms with van der Waals surface area (Å²) >= 11 is 0. The molecule has 8 fully saturated rings. The molecule has 0 aromatic heterocycles. The minimum absolute atomic E-state index is 0.0199. The SMILES string of the molecule is COC1OC(OC2CCC3(C)C(=CCC4C3CCC3(C)C4CC4C3C(C)C3CCC(C)CN34)C2)C(OC2OC(C)C(O)C(O)C2O)C(OC2OC(CO)C(O)C(O)C2O)C1O. The molecule has 5 aliphatic heterocycles. The average molecular weight is 868 g/mol. The first-order valence-corrected chi connectivity index (χ1v) is 23.3. The van der Waals surface area contributed by atoms with Crippen LogP contribution in [0, 0.1) is 46.3 Å². The summed E-state index contributed by atoms with van der Waals surface area (Å²) < 4.78 is 42.5. The molecule has 5 heterocycles. The van der Waals surface area contributed by atoms with Crippen LogP contribution in [0.5, 0.6) is 0 Å². The molecule has 16 heteroatoms. The second-order valence-electron chi connectivity index (χ2n) is 21.1. The predicted octanol–water partition coefficient (Wildman–Crippen LogP) is 0.767. The zero-order valence-electron chi connectivity index (χ0n) is 36.6. The molecule has 61 heavy (non-hydrogen) atoms. The Morgan fingerprint density at radius 2 is 1.41 bits per heavy atom. The monoisotopic (exact) mass is 867 g/mol. The summed E-state index contributed by atoms with van der Waals surface area (Å²) in [4.78, 5) is 2.94. The van der Waals surface area contributed by atoms with Crippen molar-refractivity contribution in [2.45, 2.75) is 203 Å². The molecule has 9 aliphatic rings. The second-order valence-corrected chi connectivity index (χ2v) is 21.1. The molecule has 9 rings (SSSR count). The Labute approximate surface area is 359 Å². The van der Waals surface area contributed by atoms with Crippen molar-refractivity contribution in [3.05, 3.63) is 11.6 Å². The van der Waals surface area contributed by atoms with Gasteiger partial charge in [-0.15, -0.1) is 0 Å². The number of nitrogens with zero attached hydrogens (tertiary/aromatic N) is 1. The van der Waals surface area contributed by atoms with Crippen LogP contribution in [0.2, 0.25) is 0 Å². The zero-order chi connectivity index (χ0) is 43.4. The summed E-state index contributed by atoms with van der Waals surface area (Å²) in [7, 11) is 1.33. The summed E-state index contributed by atoms with van der Waals surface area (Å²) in [6, 6.07) is 1.44. The number of methoxy groups -OCH3 is 1. The van der Waals surface area contributed by atoms with Crippen molar-refractivity contribution in [2.75, 3.05) is 20.3 Å². The fraction of sp³-hybridized carbons (Fsp3) is 0.956. The molecule has 8 N–H and O–H groups in total. The van der Waals surface area contributed by atoms with Gasteiger partial charge in [0.15, 0.2) is 25.2 Å². The van der Waals surface area contributed by atoms with Gasteiger partial charge in [0.25, 0.3) is 0 Å². The number of rotatable bonds is 8. The van der Waals surface area contributed by atoms with Gasteiger partial charge in [-0.05, 0) is 111 Å². The van der Waals surface area contributed by atoms with Gasteiger partial charge in [0.1, 0.15) is 61.0 Å². The van der Waals surface area contributed by atoms with Crippen LogP contribution in [-0.4, -0.2) is 177 Å². The summed E-state index contributed by atoms with van der Waals surface area (Å²) in [5, 5.41) is 85.5. The van der Waals surface area contributed by atoms with E-state index in [1.807, 2.05) is 0 Å². The van der Waals surface area contributed by atoms with E-state index in [0.717, 1.165) is 36.6 Å². The molecule has 3 saturated carbocycles. The van der Waals surface area contributed by atoms with Crippen LogP contribution in [0.4, 0.5) is 0 Å². The Morgan fingerprint density at radius 1 is 0.705 bits per heavy atom. The van der Waals surface area contributed by atoms with Gasteiger partial charge in [0.05, 0.1) is 18.8 Å². The van der Waals surface area contributed by atoms with E-state index in [-0.39, 0.29) is 11.5 Å². The van der Waals surface area contributed by atoms with Crippen LogP contribution in [-0.2, 0) is 33.2 Å². The first-order valence-electron chi connectivity index (χ1n) is 23.3. The molecular formula is C45H73NO15. The summed E-state index contributed by atoms with van der Waals surface area (Å²) in [6.45, 7) is 12.1. The molecule has 26 unspecified atom stereocenters. The van der Waals surface area contributed by atoms with Crippen LogP contribution in [0.15, 0.2) is 11.6 Å². The Hall–Kier alpha value is -0.900. The normalized spacial score (nSPS) is 57.3. The lowest BCUT2D eigenvalue weighted by Gasteiger charge is -2.58. The minimum atomic E-state index is -1.81. The Bertz CT molecular complexity index is 1590. The van der Waals surface area contributed by atoms with Crippen LogP contribution < -0.4 is 0 Å². The van der Waals surface area contributed by atoms with Crippen molar-refractivity contribution < 1.29 is 74.0 Å². The maximum Gasteiger partial charge on any atom is 0.189 e. The van der Waals surface area contributed by atoms with Gasteiger partial charge >= 0.3 is 0 Å². The highest BCUT2D eigenvalue weighted by Gasteiger charge is 2.67. The van der Waals surface area contributed by atoms with E-state index >= 15 is 0 Å². The van der Waals surface area contributed by atoms with E-state index in [1.54, 1.807) is 0 Å². The number of allylic oxidation sites excluding steroid dienone is 1. The van der Waals surface area contributed by atoms with Gasteiger partial charge in [0.2, 0.25) is 0 Å². The minimum Gasteiger partial charge on any atom is -0.394 e. The number of aliphatic hydroxyl groups is 8. The van der Waals surface area contributed by atoms with Gasteiger partial charge in [0, 0.05) is 25.7 Å². The fourth-order valence-electron chi connectivity index (χ4n) is 14.7. The summed E-state index contributed by atoms with van der Waals surface area (Å²) in [5.74, 6) is 4.21. The molecule has 4 aliphatic carbocycles. The second kappa shape index (κ2) is 17.1. The highest BCUT2D eigenvalue weighted by atomic mass is 16.8. The molecule has 0 aromatic rings. The standard InChI is InChI=1S/C45H73NO15/c1-19-7-10-27-20(2)30-28(46(27)17-19)16-26-24-9-8-22-15-23(11-13-44(22,4)25(24)12-14-45(26,30)5)57-43-39(60-41-35(52)33(50)31(48)21(3)56-41)38(37(54)40(55-6)61-43)59-42-36(53)34(51)32(49)29(18-47)58-42/h8,19-21,23-43,47-54H,7,9-18H2,1-6H3. The molecular weight excluding hydrogens is 794 g/mol. The average Bonchev–Trinajstić information content (AvgIpc) is 3.71. The Balaban J connectivity index is 0.952. The van der Waals surface area contributed by atoms with Gasteiger partial charge in [-0.2, -0.15) is 0 Å². The molecule has 0 radical (unpaired) electrons. The molecule has 0 amide bonds. The van der Waals surface area contributed by atoms with Crippen LogP contribution in [0.1, 0.15) is 92.4 Å². The van der Waals surface area contributed by atoms with Gasteiger partial charge in [-0.3, -0.25) is 4.90 Å². The van der Waals surface area contributed by atoms with Crippen molar-refractivity contribution in [1.82, 2.24) is 4.90 Å².